The third-order valence-electron chi connectivity index (χ3n) is 3.50. The fraction of sp³-hybridized carbons (Fsp3) is 0.875. The van der Waals surface area contributed by atoms with Crippen molar-refractivity contribution in [2.24, 2.45) is 5.73 Å². The van der Waals surface area contributed by atoms with Gasteiger partial charge in [-0.15, -0.1) is 0 Å². The number of hydrogen-bond donors (Lipinski definition) is 2. The average molecular weight is 381 g/mol. The molecule has 0 bridgehead atoms. The maximum Gasteiger partial charge on any atom is 0.144 e. The van der Waals surface area contributed by atoms with Gasteiger partial charge in [0.2, 0.25) is 0 Å². The second-order valence-electron chi connectivity index (χ2n) is 5.59. The Morgan fingerprint density at radius 3 is 1.68 bits per heavy atom. The fourth-order valence-electron chi connectivity index (χ4n) is 2.26. The summed E-state index contributed by atoms with van der Waals surface area (Å²) in [5.74, 6) is 0. The molecular formula is C16H32N2S4. The lowest BCUT2D eigenvalue weighted by atomic mass is 10.1. The van der Waals surface area contributed by atoms with Crippen LogP contribution in [0.5, 0.6) is 0 Å². The summed E-state index contributed by atoms with van der Waals surface area (Å²) in [7, 11) is 2.79. The van der Waals surface area contributed by atoms with Gasteiger partial charge in [0.05, 0.1) is 0 Å². The van der Waals surface area contributed by atoms with Crippen LogP contribution in [0.4, 0.5) is 0 Å². The molecule has 0 aliphatic carbocycles. The number of unbranched alkanes of at least 4 members (excludes halogenated alkanes) is 11. The highest BCUT2D eigenvalue weighted by atomic mass is 33.1. The minimum atomic E-state index is 0.430. The number of rotatable bonds is 13. The Balaban J connectivity index is 3.11. The zero-order chi connectivity index (χ0) is 16.5. The normalized spacial score (nSPS) is 10.6. The highest BCUT2D eigenvalue weighted by Crippen LogP contribution is 2.21. The molecule has 22 heavy (non-hydrogen) atoms. The molecule has 0 saturated heterocycles. The first-order valence-electron chi connectivity index (χ1n) is 8.58. The lowest BCUT2D eigenvalue weighted by molar-refractivity contribution is 0.543. The minimum Gasteiger partial charge on any atom is -0.384 e. The Kier molecular flexibility index (Phi) is 18.2. The predicted molar refractivity (Wildman–Crippen MR) is 114 cm³/mol. The Bertz CT molecular complexity index is 285. The summed E-state index contributed by atoms with van der Waals surface area (Å²) in [5.41, 5.74) is 5.40. The van der Waals surface area contributed by atoms with Crippen LogP contribution >= 0.6 is 46.0 Å². The third-order valence-corrected chi connectivity index (χ3v) is 6.61. The molecule has 3 N–H and O–H groups in total. The van der Waals surface area contributed by atoms with Crippen LogP contribution in [0.1, 0.15) is 84.0 Å². The molecule has 0 aromatic heterocycles. The van der Waals surface area contributed by atoms with Crippen LogP contribution in [0.2, 0.25) is 0 Å². The van der Waals surface area contributed by atoms with Crippen molar-refractivity contribution >= 4 is 54.7 Å². The van der Waals surface area contributed by atoms with Crippen molar-refractivity contribution in [2.45, 2.75) is 84.0 Å². The van der Waals surface area contributed by atoms with Crippen LogP contribution in [0.25, 0.3) is 0 Å². The molecule has 0 rings (SSSR count). The number of nitrogens with two attached hydrogens (primary N) is 1. The van der Waals surface area contributed by atoms with Gasteiger partial charge in [0.1, 0.15) is 8.64 Å². The molecular weight excluding hydrogens is 348 g/mol. The number of nitrogens with one attached hydrogen (secondary N) is 1. The van der Waals surface area contributed by atoms with Crippen molar-refractivity contribution in [1.82, 2.24) is 5.32 Å². The van der Waals surface area contributed by atoms with E-state index in [1.165, 1.54) is 98.6 Å². The SMILES string of the molecule is CCCCCCCCCCCCCCNC(=S)SSC(N)=S. The highest BCUT2D eigenvalue weighted by Gasteiger charge is 1.99. The van der Waals surface area contributed by atoms with Crippen molar-refractivity contribution in [3.63, 3.8) is 0 Å². The molecule has 2 nitrogen and oxygen atoms in total. The van der Waals surface area contributed by atoms with E-state index in [-0.39, 0.29) is 0 Å². The van der Waals surface area contributed by atoms with E-state index in [9.17, 15) is 0 Å². The first-order chi connectivity index (χ1) is 10.7. The molecule has 0 radical (unpaired) electrons. The average Bonchev–Trinajstić information content (AvgIpc) is 2.49. The molecule has 0 aromatic carbocycles. The predicted octanol–water partition coefficient (Wildman–Crippen LogP) is 6.19. The summed E-state index contributed by atoms with van der Waals surface area (Å²) < 4.78 is 1.21. The summed E-state index contributed by atoms with van der Waals surface area (Å²) >= 11 is 9.96. The van der Waals surface area contributed by atoms with E-state index in [0.29, 0.717) is 4.32 Å². The van der Waals surface area contributed by atoms with Gasteiger partial charge in [-0.25, -0.2) is 0 Å². The second-order valence-corrected chi connectivity index (χ2v) is 9.14. The summed E-state index contributed by atoms with van der Waals surface area (Å²) in [4.78, 5) is 0. The first-order valence-corrected chi connectivity index (χ1v) is 11.5. The van der Waals surface area contributed by atoms with E-state index in [2.05, 4.69) is 12.2 Å². The van der Waals surface area contributed by atoms with Crippen LogP contribution < -0.4 is 11.1 Å². The first kappa shape index (κ1) is 22.5. The Hall–Kier alpha value is 0.480. The molecule has 0 aromatic rings. The minimum absolute atomic E-state index is 0.430. The molecule has 0 spiro atoms. The summed E-state index contributed by atoms with van der Waals surface area (Å²) in [6.07, 6.45) is 16.5. The maximum atomic E-state index is 5.40. The quantitative estimate of drug-likeness (QED) is 0.225. The largest absolute Gasteiger partial charge is 0.384 e. The van der Waals surface area contributed by atoms with Crippen molar-refractivity contribution in [2.75, 3.05) is 6.54 Å². The lowest BCUT2D eigenvalue weighted by Crippen LogP contribution is -2.19. The lowest BCUT2D eigenvalue weighted by Gasteiger charge is -2.06. The van der Waals surface area contributed by atoms with E-state index in [1.807, 2.05) is 0 Å². The van der Waals surface area contributed by atoms with Gasteiger partial charge >= 0.3 is 0 Å². The molecule has 0 aliphatic heterocycles. The van der Waals surface area contributed by atoms with Gasteiger partial charge < -0.3 is 11.1 Å². The van der Waals surface area contributed by atoms with E-state index in [4.69, 9.17) is 30.2 Å². The van der Waals surface area contributed by atoms with Crippen LogP contribution in [0.15, 0.2) is 0 Å². The summed E-state index contributed by atoms with van der Waals surface area (Å²) in [5, 5.41) is 3.23. The summed E-state index contributed by atoms with van der Waals surface area (Å²) in [6, 6.07) is 0. The smallest absolute Gasteiger partial charge is 0.144 e. The summed E-state index contributed by atoms with van der Waals surface area (Å²) in [6.45, 7) is 3.23. The van der Waals surface area contributed by atoms with Crippen LogP contribution in [0.3, 0.4) is 0 Å². The molecule has 0 fully saturated rings. The van der Waals surface area contributed by atoms with E-state index in [0.717, 1.165) is 10.9 Å². The molecule has 6 heteroatoms. The Labute approximate surface area is 155 Å². The second kappa shape index (κ2) is 17.8. The zero-order valence-corrected chi connectivity index (χ0v) is 17.2. The van der Waals surface area contributed by atoms with Gasteiger partial charge in [0, 0.05) is 6.54 Å². The number of thiocarbonyl (C=S) groups is 2. The highest BCUT2D eigenvalue weighted by molar-refractivity contribution is 8.89. The Morgan fingerprint density at radius 2 is 1.23 bits per heavy atom. The van der Waals surface area contributed by atoms with E-state index >= 15 is 0 Å². The van der Waals surface area contributed by atoms with Gasteiger partial charge in [0.15, 0.2) is 0 Å². The fourth-order valence-corrected chi connectivity index (χ4v) is 3.95. The standard InChI is InChI=1S/C16H32N2S4/c1-2-3-4-5-6-7-8-9-10-11-12-13-14-18-16(20)22-21-15(17)19/h2-14H2,1H3,(H2,17,19)(H,18,20). The molecule has 130 valence electrons. The van der Waals surface area contributed by atoms with Crippen molar-refractivity contribution in [3.05, 3.63) is 0 Å². The van der Waals surface area contributed by atoms with Crippen molar-refractivity contribution < 1.29 is 0 Å². The molecule has 0 unspecified atom stereocenters. The van der Waals surface area contributed by atoms with Gasteiger partial charge in [-0.2, -0.15) is 0 Å². The Morgan fingerprint density at radius 1 is 0.773 bits per heavy atom. The zero-order valence-electron chi connectivity index (χ0n) is 13.9. The van der Waals surface area contributed by atoms with Crippen molar-refractivity contribution in [1.29, 1.82) is 0 Å². The third kappa shape index (κ3) is 18.5. The molecule has 0 amide bonds. The van der Waals surface area contributed by atoms with E-state index < -0.39 is 0 Å². The van der Waals surface area contributed by atoms with Crippen LogP contribution in [-0.4, -0.2) is 15.2 Å². The molecule has 0 atom stereocenters. The van der Waals surface area contributed by atoms with E-state index in [1.54, 1.807) is 0 Å². The molecule has 0 saturated carbocycles. The van der Waals surface area contributed by atoms with Crippen LogP contribution in [0, 0.1) is 0 Å². The molecule has 0 aliphatic rings. The topological polar surface area (TPSA) is 38.0 Å². The monoisotopic (exact) mass is 380 g/mol. The van der Waals surface area contributed by atoms with Gasteiger partial charge in [-0.3, -0.25) is 0 Å². The van der Waals surface area contributed by atoms with Gasteiger partial charge in [-0.1, -0.05) is 102 Å². The van der Waals surface area contributed by atoms with Crippen LogP contribution in [-0.2, 0) is 0 Å². The van der Waals surface area contributed by atoms with Gasteiger partial charge in [0.25, 0.3) is 0 Å². The maximum absolute atomic E-state index is 5.40. The van der Waals surface area contributed by atoms with Crippen molar-refractivity contribution in [3.8, 4) is 0 Å². The number of hydrogen-bond acceptors (Lipinski definition) is 4. The van der Waals surface area contributed by atoms with Gasteiger partial charge in [-0.05, 0) is 28.0 Å². The molecule has 0 heterocycles.